The van der Waals surface area contributed by atoms with Crippen LogP contribution in [0.5, 0.6) is 0 Å². The Balaban J connectivity index is 3.16. The Hall–Kier alpha value is -1.08. The summed E-state index contributed by atoms with van der Waals surface area (Å²) in [5.74, 6) is 0. The van der Waals surface area contributed by atoms with E-state index >= 15 is 0 Å². The van der Waals surface area contributed by atoms with Gasteiger partial charge < -0.3 is 5.32 Å². The third-order valence-electron chi connectivity index (χ3n) is 2.84. The molecule has 0 aliphatic heterocycles. The highest BCUT2D eigenvalue weighted by Crippen LogP contribution is 2.25. The van der Waals surface area contributed by atoms with Crippen molar-refractivity contribution in [3.05, 3.63) is 47.0 Å². The van der Waals surface area contributed by atoms with Gasteiger partial charge in [0.1, 0.15) is 0 Å². The SMILES string of the molecule is C=CCC(NC)c1c(C)cc(C)cc1C. The highest BCUT2D eigenvalue weighted by atomic mass is 14.9. The fourth-order valence-electron chi connectivity index (χ4n) is 2.29. The monoisotopic (exact) mass is 203 g/mol. The minimum atomic E-state index is 0.392. The van der Waals surface area contributed by atoms with Crippen LogP contribution in [0.2, 0.25) is 0 Å². The summed E-state index contributed by atoms with van der Waals surface area (Å²) in [5.41, 5.74) is 5.49. The third kappa shape index (κ3) is 2.69. The van der Waals surface area contributed by atoms with E-state index in [0.29, 0.717) is 6.04 Å². The quantitative estimate of drug-likeness (QED) is 0.739. The van der Waals surface area contributed by atoms with Crippen molar-refractivity contribution in [3.63, 3.8) is 0 Å². The Kier molecular flexibility index (Phi) is 4.10. The molecule has 0 aromatic heterocycles. The van der Waals surface area contributed by atoms with Crippen molar-refractivity contribution in [2.75, 3.05) is 7.05 Å². The summed E-state index contributed by atoms with van der Waals surface area (Å²) in [6.07, 6.45) is 2.95. The average molecular weight is 203 g/mol. The van der Waals surface area contributed by atoms with Gasteiger partial charge in [-0.05, 0) is 50.9 Å². The van der Waals surface area contributed by atoms with Crippen LogP contribution in [0.3, 0.4) is 0 Å². The largest absolute Gasteiger partial charge is 0.313 e. The standard InChI is InChI=1S/C14H21N/c1-6-7-13(15-5)14-11(3)8-10(2)9-12(14)4/h6,8-9,13,15H,1,7H2,2-5H3. The molecule has 82 valence electrons. The van der Waals surface area contributed by atoms with Crippen molar-refractivity contribution in [2.24, 2.45) is 0 Å². The third-order valence-corrected chi connectivity index (χ3v) is 2.84. The van der Waals surface area contributed by atoms with Crippen LogP contribution in [0.15, 0.2) is 24.8 Å². The van der Waals surface area contributed by atoms with Gasteiger partial charge in [0, 0.05) is 6.04 Å². The molecule has 0 amide bonds. The molecule has 1 unspecified atom stereocenters. The smallest absolute Gasteiger partial charge is 0.0357 e. The van der Waals surface area contributed by atoms with Gasteiger partial charge in [-0.3, -0.25) is 0 Å². The van der Waals surface area contributed by atoms with Crippen molar-refractivity contribution < 1.29 is 0 Å². The van der Waals surface area contributed by atoms with E-state index in [0.717, 1.165) is 6.42 Å². The summed E-state index contributed by atoms with van der Waals surface area (Å²) in [6, 6.07) is 4.88. The van der Waals surface area contributed by atoms with Crippen LogP contribution >= 0.6 is 0 Å². The number of benzene rings is 1. The number of nitrogens with one attached hydrogen (secondary N) is 1. The Bertz CT molecular complexity index is 329. The zero-order valence-electron chi connectivity index (χ0n) is 10.2. The minimum Gasteiger partial charge on any atom is -0.313 e. The lowest BCUT2D eigenvalue weighted by Gasteiger charge is -2.20. The molecular formula is C14H21N. The molecule has 1 aromatic carbocycles. The molecule has 1 nitrogen and oxygen atoms in total. The maximum atomic E-state index is 3.81. The second kappa shape index (κ2) is 5.13. The van der Waals surface area contributed by atoms with E-state index < -0.39 is 0 Å². The predicted octanol–water partition coefficient (Wildman–Crippen LogP) is 3.45. The first kappa shape index (κ1) is 12.0. The molecule has 15 heavy (non-hydrogen) atoms. The van der Waals surface area contributed by atoms with Gasteiger partial charge in [0.25, 0.3) is 0 Å². The summed E-state index contributed by atoms with van der Waals surface area (Å²) in [5, 5.41) is 3.35. The molecule has 1 rings (SSSR count). The molecule has 0 heterocycles. The van der Waals surface area contributed by atoms with Crippen LogP contribution in [0.4, 0.5) is 0 Å². The van der Waals surface area contributed by atoms with Crippen LogP contribution in [0.25, 0.3) is 0 Å². The van der Waals surface area contributed by atoms with Crippen LogP contribution < -0.4 is 5.32 Å². The van der Waals surface area contributed by atoms with Crippen LogP contribution in [-0.4, -0.2) is 7.05 Å². The molecule has 1 heteroatoms. The second-order valence-electron chi connectivity index (χ2n) is 4.18. The van der Waals surface area contributed by atoms with Crippen molar-refractivity contribution in [1.82, 2.24) is 5.32 Å². The molecule has 0 radical (unpaired) electrons. The molecule has 0 bridgehead atoms. The molecule has 0 spiro atoms. The van der Waals surface area contributed by atoms with Gasteiger partial charge in [-0.1, -0.05) is 23.8 Å². The van der Waals surface area contributed by atoms with Gasteiger partial charge in [0.15, 0.2) is 0 Å². The molecule has 0 fully saturated rings. The Morgan fingerprint density at radius 2 is 1.80 bits per heavy atom. The van der Waals surface area contributed by atoms with Gasteiger partial charge in [-0.2, -0.15) is 0 Å². The first-order valence-corrected chi connectivity index (χ1v) is 5.46. The molecule has 0 saturated heterocycles. The molecule has 1 N–H and O–H groups in total. The number of hydrogen-bond donors (Lipinski definition) is 1. The van der Waals surface area contributed by atoms with Crippen LogP contribution in [0.1, 0.15) is 34.7 Å². The van der Waals surface area contributed by atoms with Crippen LogP contribution in [-0.2, 0) is 0 Å². The number of hydrogen-bond acceptors (Lipinski definition) is 1. The zero-order valence-corrected chi connectivity index (χ0v) is 10.2. The fraction of sp³-hybridized carbons (Fsp3) is 0.429. The Labute approximate surface area is 93.2 Å². The van der Waals surface area contributed by atoms with Crippen molar-refractivity contribution in [1.29, 1.82) is 0 Å². The molecule has 0 aliphatic rings. The minimum absolute atomic E-state index is 0.392. The van der Waals surface area contributed by atoms with Gasteiger partial charge in [-0.25, -0.2) is 0 Å². The molecular weight excluding hydrogens is 182 g/mol. The normalized spacial score (nSPS) is 12.5. The molecule has 1 aromatic rings. The molecule has 1 atom stereocenters. The maximum Gasteiger partial charge on any atom is 0.0357 e. The van der Waals surface area contributed by atoms with E-state index in [4.69, 9.17) is 0 Å². The predicted molar refractivity (Wildman–Crippen MR) is 67.3 cm³/mol. The summed E-state index contributed by atoms with van der Waals surface area (Å²) in [4.78, 5) is 0. The summed E-state index contributed by atoms with van der Waals surface area (Å²) >= 11 is 0. The lowest BCUT2D eigenvalue weighted by atomic mass is 9.92. The molecule has 0 saturated carbocycles. The van der Waals surface area contributed by atoms with Crippen molar-refractivity contribution in [2.45, 2.75) is 33.2 Å². The summed E-state index contributed by atoms with van der Waals surface area (Å²) < 4.78 is 0. The lowest BCUT2D eigenvalue weighted by molar-refractivity contribution is 0.597. The van der Waals surface area contributed by atoms with E-state index in [1.165, 1.54) is 22.3 Å². The number of aryl methyl sites for hydroxylation is 3. The molecule has 0 aliphatic carbocycles. The fourth-order valence-corrected chi connectivity index (χ4v) is 2.29. The van der Waals surface area contributed by atoms with Gasteiger partial charge in [-0.15, -0.1) is 6.58 Å². The highest BCUT2D eigenvalue weighted by molar-refractivity contribution is 5.39. The summed E-state index contributed by atoms with van der Waals surface area (Å²) in [7, 11) is 2.01. The van der Waals surface area contributed by atoms with Crippen molar-refractivity contribution in [3.8, 4) is 0 Å². The zero-order chi connectivity index (χ0) is 11.4. The summed E-state index contributed by atoms with van der Waals surface area (Å²) in [6.45, 7) is 10.3. The van der Waals surface area contributed by atoms with E-state index in [1.807, 2.05) is 13.1 Å². The number of rotatable bonds is 4. The van der Waals surface area contributed by atoms with Gasteiger partial charge >= 0.3 is 0 Å². The first-order valence-electron chi connectivity index (χ1n) is 5.46. The first-order chi connectivity index (χ1) is 7.10. The Morgan fingerprint density at radius 1 is 1.27 bits per heavy atom. The highest BCUT2D eigenvalue weighted by Gasteiger charge is 2.12. The van der Waals surface area contributed by atoms with E-state index in [1.54, 1.807) is 0 Å². The topological polar surface area (TPSA) is 12.0 Å². The van der Waals surface area contributed by atoms with Crippen LogP contribution in [0, 0.1) is 20.8 Å². The van der Waals surface area contributed by atoms with Crippen molar-refractivity contribution >= 4 is 0 Å². The van der Waals surface area contributed by atoms with Gasteiger partial charge in [0.05, 0.1) is 0 Å². The maximum absolute atomic E-state index is 3.81. The van der Waals surface area contributed by atoms with E-state index in [9.17, 15) is 0 Å². The second-order valence-corrected chi connectivity index (χ2v) is 4.18. The lowest BCUT2D eigenvalue weighted by Crippen LogP contribution is -2.18. The van der Waals surface area contributed by atoms with Gasteiger partial charge in [0.2, 0.25) is 0 Å². The van der Waals surface area contributed by atoms with E-state index in [-0.39, 0.29) is 0 Å². The van der Waals surface area contributed by atoms with E-state index in [2.05, 4.69) is 44.8 Å². The average Bonchev–Trinajstić information content (AvgIpc) is 2.14. The Morgan fingerprint density at radius 3 is 2.20 bits per heavy atom.